The molecule has 0 aromatic heterocycles. The van der Waals surface area contributed by atoms with Gasteiger partial charge in [0.15, 0.2) is 5.17 Å². The summed E-state index contributed by atoms with van der Waals surface area (Å²) in [7, 11) is 0. The van der Waals surface area contributed by atoms with Crippen molar-refractivity contribution in [1.29, 1.82) is 0 Å². The second-order valence-corrected chi connectivity index (χ2v) is 8.19. The predicted octanol–water partition coefficient (Wildman–Crippen LogP) is 3.21. The lowest BCUT2D eigenvalue weighted by molar-refractivity contribution is -0.143. The zero-order valence-corrected chi connectivity index (χ0v) is 17.2. The number of nitrogens with zero attached hydrogens (tertiary/aromatic N) is 2. The molecule has 0 radical (unpaired) electrons. The molecule has 2 atom stereocenters. The number of amidine groups is 1. The van der Waals surface area contributed by atoms with E-state index < -0.39 is 18.0 Å². The van der Waals surface area contributed by atoms with Gasteiger partial charge in [0.1, 0.15) is 5.75 Å². The Morgan fingerprint density at radius 1 is 1.21 bits per heavy atom. The molecule has 0 unspecified atom stereocenters. The van der Waals surface area contributed by atoms with Gasteiger partial charge >= 0.3 is 11.9 Å². The van der Waals surface area contributed by atoms with E-state index in [9.17, 15) is 14.4 Å². The Labute approximate surface area is 167 Å². The fourth-order valence-corrected chi connectivity index (χ4v) is 4.17. The summed E-state index contributed by atoms with van der Waals surface area (Å²) < 4.78 is 10.5. The van der Waals surface area contributed by atoms with Crippen LogP contribution in [-0.2, 0) is 19.1 Å². The van der Waals surface area contributed by atoms with Crippen molar-refractivity contribution in [2.75, 3.05) is 0 Å². The molecule has 8 heteroatoms. The first-order valence-corrected chi connectivity index (χ1v) is 9.85. The molecule has 1 fully saturated rings. The van der Waals surface area contributed by atoms with Gasteiger partial charge in [-0.15, -0.1) is 0 Å². The Morgan fingerprint density at radius 3 is 2.43 bits per heavy atom. The van der Waals surface area contributed by atoms with Gasteiger partial charge in [-0.05, 0) is 45.4 Å². The smallest absolute Gasteiger partial charge is 0.338 e. The van der Waals surface area contributed by atoms with Crippen LogP contribution in [0.4, 0.5) is 0 Å². The van der Waals surface area contributed by atoms with Gasteiger partial charge in [0.05, 0.1) is 28.7 Å². The maximum atomic E-state index is 12.8. The van der Waals surface area contributed by atoms with E-state index in [1.54, 1.807) is 49.9 Å². The highest BCUT2D eigenvalue weighted by atomic mass is 32.2. The lowest BCUT2D eigenvalue weighted by Gasteiger charge is -2.33. The molecular formula is C20H22N2O5S. The van der Waals surface area contributed by atoms with Crippen molar-refractivity contribution in [2.45, 2.75) is 52.0 Å². The van der Waals surface area contributed by atoms with Crippen molar-refractivity contribution in [3.8, 4) is 5.75 Å². The normalized spacial score (nSPS) is 21.6. The van der Waals surface area contributed by atoms with Crippen molar-refractivity contribution in [1.82, 2.24) is 4.90 Å². The number of amides is 1. The summed E-state index contributed by atoms with van der Waals surface area (Å²) in [5.74, 6) is -0.637. The van der Waals surface area contributed by atoms with Gasteiger partial charge in [0.25, 0.3) is 0 Å². The van der Waals surface area contributed by atoms with Crippen molar-refractivity contribution < 1.29 is 23.9 Å². The summed E-state index contributed by atoms with van der Waals surface area (Å²) in [5.41, 5.74) is 1.57. The maximum absolute atomic E-state index is 12.8. The minimum Gasteiger partial charge on any atom is -0.459 e. The number of rotatable bonds is 4. The topological polar surface area (TPSA) is 85.3 Å². The molecule has 0 spiro atoms. The molecule has 2 aliphatic heterocycles. The molecule has 2 heterocycles. The lowest BCUT2D eigenvalue weighted by Crippen LogP contribution is -2.40. The summed E-state index contributed by atoms with van der Waals surface area (Å²) in [5, 5.41) is 0.292. The third-order valence-electron chi connectivity index (χ3n) is 4.28. The Bertz CT molecular complexity index is 888. The molecule has 148 valence electrons. The van der Waals surface area contributed by atoms with Crippen molar-refractivity contribution in [3.63, 3.8) is 0 Å². The highest BCUT2D eigenvalue weighted by Crippen LogP contribution is 2.43. The predicted molar refractivity (Wildman–Crippen MR) is 106 cm³/mol. The average Bonchev–Trinajstić information content (AvgIpc) is 2.87. The first kappa shape index (κ1) is 20.1. The van der Waals surface area contributed by atoms with E-state index in [2.05, 4.69) is 4.99 Å². The molecule has 1 aromatic carbocycles. The van der Waals surface area contributed by atoms with Crippen molar-refractivity contribution in [3.05, 3.63) is 41.1 Å². The van der Waals surface area contributed by atoms with Crippen LogP contribution < -0.4 is 4.74 Å². The highest BCUT2D eigenvalue weighted by molar-refractivity contribution is 8.15. The first-order chi connectivity index (χ1) is 13.2. The average molecular weight is 402 g/mol. The number of hydrogen-bond donors (Lipinski definition) is 0. The zero-order valence-electron chi connectivity index (χ0n) is 16.4. The molecule has 0 N–H and O–H groups in total. The second-order valence-electron chi connectivity index (χ2n) is 6.88. The quantitative estimate of drug-likeness (QED) is 0.568. The van der Waals surface area contributed by atoms with E-state index in [0.29, 0.717) is 27.8 Å². The molecule has 1 amide bonds. The van der Waals surface area contributed by atoms with Crippen molar-refractivity contribution >= 4 is 34.8 Å². The van der Waals surface area contributed by atoms with E-state index in [4.69, 9.17) is 9.47 Å². The largest absolute Gasteiger partial charge is 0.459 e. The van der Waals surface area contributed by atoms with Crippen LogP contribution in [-0.4, -0.2) is 39.3 Å². The summed E-state index contributed by atoms with van der Waals surface area (Å²) in [6.07, 6.45) is -0.298. The van der Waals surface area contributed by atoms with Gasteiger partial charge in [-0.25, -0.2) is 9.79 Å². The monoisotopic (exact) mass is 402 g/mol. The molecule has 0 bridgehead atoms. The number of hydrogen-bond acceptors (Lipinski definition) is 7. The second kappa shape index (κ2) is 7.79. The van der Waals surface area contributed by atoms with Gasteiger partial charge in [-0.3, -0.25) is 14.5 Å². The fourth-order valence-electron chi connectivity index (χ4n) is 3.14. The lowest BCUT2D eigenvalue weighted by atomic mass is 9.94. The third-order valence-corrected chi connectivity index (χ3v) is 5.33. The van der Waals surface area contributed by atoms with Crippen LogP contribution in [0, 0.1) is 0 Å². The fraction of sp³-hybridized carbons (Fsp3) is 0.400. The Hall–Kier alpha value is -2.61. The number of fused-ring (bicyclic) bond motifs is 1. The van der Waals surface area contributed by atoms with E-state index in [1.807, 2.05) is 6.92 Å². The molecule has 1 aromatic rings. The summed E-state index contributed by atoms with van der Waals surface area (Å²) in [6, 6.07) is 6.11. The first-order valence-electron chi connectivity index (χ1n) is 8.97. The molecule has 3 rings (SSSR count). The van der Waals surface area contributed by atoms with Crippen molar-refractivity contribution in [2.24, 2.45) is 4.99 Å². The number of ether oxygens (including phenoxy) is 2. The van der Waals surface area contributed by atoms with Crippen LogP contribution in [0.5, 0.6) is 5.75 Å². The number of allylic oxidation sites excluding steroid dienone is 1. The number of esters is 2. The van der Waals surface area contributed by atoms with Crippen LogP contribution in [0.25, 0.3) is 0 Å². The van der Waals surface area contributed by atoms with Gasteiger partial charge in [0.2, 0.25) is 5.91 Å². The SMILES string of the molecule is CC(=O)Oc1ccc([C@H]2C(C(=O)OC(C)C)=C(C)N=C3S[C@@H](C)C(=O)N32)cc1. The summed E-state index contributed by atoms with van der Waals surface area (Å²) >= 11 is 1.37. The van der Waals surface area contributed by atoms with E-state index in [-0.39, 0.29) is 17.3 Å². The van der Waals surface area contributed by atoms with E-state index in [0.717, 1.165) is 0 Å². The summed E-state index contributed by atoms with van der Waals surface area (Å²) in [6.45, 7) is 8.43. The number of carbonyl (C=O) groups excluding carboxylic acids is 3. The van der Waals surface area contributed by atoms with Gasteiger partial charge in [-0.2, -0.15) is 0 Å². The Morgan fingerprint density at radius 2 is 1.86 bits per heavy atom. The number of benzene rings is 1. The van der Waals surface area contributed by atoms with Crippen LogP contribution >= 0.6 is 11.8 Å². The van der Waals surface area contributed by atoms with E-state index in [1.165, 1.54) is 18.7 Å². The van der Waals surface area contributed by atoms with E-state index >= 15 is 0 Å². The minimum absolute atomic E-state index is 0.111. The van der Waals surface area contributed by atoms with Crippen LogP contribution in [0.1, 0.15) is 46.2 Å². The molecular weight excluding hydrogens is 380 g/mol. The molecule has 2 aliphatic rings. The van der Waals surface area contributed by atoms with Gasteiger partial charge in [-0.1, -0.05) is 23.9 Å². The van der Waals surface area contributed by atoms with Crippen LogP contribution in [0.2, 0.25) is 0 Å². The van der Waals surface area contributed by atoms with Crippen LogP contribution in [0.3, 0.4) is 0 Å². The highest BCUT2D eigenvalue weighted by Gasteiger charge is 2.46. The Kier molecular flexibility index (Phi) is 5.60. The maximum Gasteiger partial charge on any atom is 0.338 e. The zero-order chi connectivity index (χ0) is 20.6. The molecule has 28 heavy (non-hydrogen) atoms. The summed E-state index contributed by atoms with van der Waals surface area (Å²) in [4.78, 5) is 42.8. The van der Waals surface area contributed by atoms with Crippen LogP contribution in [0.15, 0.2) is 40.5 Å². The third kappa shape index (κ3) is 3.82. The number of carbonyl (C=O) groups is 3. The van der Waals surface area contributed by atoms with Gasteiger partial charge < -0.3 is 9.47 Å². The number of thioether (sulfide) groups is 1. The standard InChI is InChI=1S/C20H22N2O5S/c1-10(2)26-19(25)16-11(3)21-20-22(18(24)12(4)28-20)17(16)14-6-8-15(9-7-14)27-13(5)23/h6-10,12,17H,1-5H3/t12-,17-/m0/s1. The number of aliphatic imine (C=N–C) groups is 1. The molecule has 1 saturated heterocycles. The Balaban J connectivity index is 2.06. The molecule has 7 nitrogen and oxygen atoms in total. The minimum atomic E-state index is -0.643. The van der Waals surface area contributed by atoms with Gasteiger partial charge in [0, 0.05) is 6.92 Å². The molecule has 0 aliphatic carbocycles. The molecule has 0 saturated carbocycles.